The van der Waals surface area contributed by atoms with Crippen LogP contribution >= 0.6 is 15.9 Å². The SMILES string of the molecule is Cc1cc(Br)cnc1N1CCC(C(C)N)C1. The molecule has 0 spiro atoms. The van der Waals surface area contributed by atoms with Crippen LogP contribution in [0.1, 0.15) is 18.9 Å². The second-order valence-electron chi connectivity index (χ2n) is 4.65. The predicted octanol–water partition coefficient (Wildman–Crippen LogP) is 2.33. The van der Waals surface area contributed by atoms with Gasteiger partial charge in [-0.25, -0.2) is 4.98 Å². The summed E-state index contributed by atoms with van der Waals surface area (Å²) in [5.41, 5.74) is 7.17. The molecular formula is C12H18BrN3. The van der Waals surface area contributed by atoms with Gasteiger partial charge < -0.3 is 10.6 Å². The van der Waals surface area contributed by atoms with E-state index in [1.54, 1.807) is 0 Å². The molecule has 2 rings (SSSR count). The van der Waals surface area contributed by atoms with E-state index >= 15 is 0 Å². The maximum Gasteiger partial charge on any atom is 0.131 e. The van der Waals surface area contributed by atoms with E-state index < -0.39 is 0 Å². The highest BCUT2D eigenvalue weighted by atomic mass is 79.9. The highest BCUT2D eigenvalue weighted by Crippen LogP contribution is 2.27. The third-order valence-corrected chi connectivity index (χ3v) is 3.72. The van der Waals surface area contributed by atoms with Crippen molar-refractivity contribution in [3.05, 3.63) is 22.3 Å². The first-order chi connectivity index (χ1) is 7.58. The molecule has 2 unspecified atom stereocenters. The smallest absolute Gasteiger partial charge is 0.131 e. The summed E-state index contributed by atoms with van der Waals surface area (Å²) in [5.74, 6) is 1.70. The fraction of sp³-hybridized carbons (Fsp3) is 0.583. The molecule has 1 aromatic rings. The zero-order chi connectivity index (χ0) is 11.7. The number of nitrogens with two attached hydrogens (primary N) is 1. The maximum absolute atomic E-state index is 5.95. The standard InChI is InChI=1S/C12H18BrN3/c1-8-5-11(13)6-15-12(8)16-4-3-10(7-16)9(2)14/h5-6,9-10H,3-4,7,14H2,1-2H3. The summed E-state index contributed by atoms with van der Waals surface area (Å²) in [6.07, 6.45) is 3.04. The highest BCUT2D eigenvalue weighted by Gasteiger charge is 2.26. The lowest BCUT2D eigenvalue weighted by molar-refractivity contribution is 0.488. The van der Waals surface area contributed by atoms with Crippen LogP contribution in [0.5, 0.6) is 0 Å². The summed E-state index contributed by atoms with van der Waals surface area (Å²) in [4.78, 5) is 6.83. The van der Waals surface area contributed by atoms with E-state index in [1.165, 1.54) is 12.0 Å². The lowest BCUT2D eigenvalue weighted by atomic mass is 10.0. The van der Waals surface area contributed by atoms with Gasteiger partial charge in [-0.2, -0.15) is 0 Å². The summed E-state index contributed by atoms with van der Waals surface area (Å²) >= 11 is 3.44. The van der Waals surface area contributed by atoms with Crippen molar-refractivity contribution in [3.8, 4) is 0 Å². The Hall–Kier alpha value is -0.610. The molecule has 0 aromatic carbocycles. The Morgan fingerprint density at radius 1 is 1.62 bits per heavy atom. The molecule has 0 amide bonds. The van der Waals surface area contributed by atoms with Gasteiger partial charge in [0.2, 0.25) is 0 Å². The van der Waals surface area contributed by atoms with E-state index in [1.807, 2.05) is 6.20 Å². The Labute approximate surface area is 105 Å². The first kappa shape index (κ1) is 11.9. The summed E-state index contributed by atoms with van der Waals surface area (Å²) < 4.78 is 1.04. The molecule has 16 heavy (non-hydrogen) atoms. The third-order valence-electron chi connectivity index (χ3n) is 3.29. The van der Waals surface area contributed by atoms with Gasteiger partial charge in [0.05, 0.1) is 0 Å². The Morgan fingerprint density at radius 2 is 2.38 bits per heavy atom. The number of hydrogen-bond donors (Lipinski definition) is 1. The second kappa shape index (κ2) is 4.72. The first-order valence-corrected chi connectivity index (χ1v) is 6.50. The topological polar surface area (TPSA) is 42.2 Å². The molecule has 0 saturated carbocycles. The van der Waals surface area contributed by atoms with Crippen LogP contribution in [-0.2, 0) is 0 Å². The average Bonchev–Trinajstić information content (AvgIpc) is 2.66. The van der Waals surface area contributed by atoms with Gasteiger partial charge in [-0.1, -0.05) is 0 Å². The van der Waals surface area contributed by atoms with Gasteiger partial charge >= 0.3 is 0 Å². The van der Waals surface area contributed by atoms with Crippen LogP contribution in [0, 0.1) is 12.8 Å². The minimum absolute atomic E-state index is 0.278. The largest absolute Gasteiger partial charge is 0.356 e. The van der Waals surface area contributed by atoms with Crippen LogP contribution in [0.4, 0.5) is 5.82 Å². The number of nitrogens with zero attached hydrogens (tertiary/aromatic N) is 2. The molecule has 1 aliphatic heterocycles. The van der Waals surface area contributed by atoms with Crippen LogP contribution in [0.2, 0.25) is 0 Å². The molecular weight excluding hydrogens is 266 g/mol. The van der Waals surface area contributed by atoms with Crippen molar-refractivity contribution in [2.45, 2.75) is 26.3 Å². The van der Waals surface area contributed by atoms with Gasteiger partial charge in [0.1, 0.15) is 5.82 Å². The molecule has 0 bridgehead atoms. The van der Waals surface area contributed by atoms with Crippen molar-refractivity contribution >= 4 is 21.7 Å². The summed E-state index contributed by atoms with van der Waals surface area (Å²) in [6.45, 7) is 6.30. The van der Waals surface area contributed by atoms with Crippen LogP contribution in [0.15, 0.2) is 16.7 Å². The fourth-order valence-electron chi connectivity index (χ4n) is 2.27. The Kier molecular flexibility index (Phi) is 3.50. The van der Waals surface area contributed by atoms with Gasteiger partial charge in [0, 0.05) is 29.8 Å². The predicted molar refractivity (Wildman–Crippen MR) is 70.6 cm³/mol. The quantitative estimate of drug-likeness (QED) is 0.906. The van der Waals surface area contributed by atoms with Crippen molar-refractivity contribution in [3.63, 3.8) is 0 Å². The molecule has 2 N–H and O–H groups in total. The van der Waals surface area contributed by atoms with Gasteiger partial charge in [-0.15, -0.1) is 0 Å². The Bertz CT molecular complexity index is 379. The molecule has 2 heterocycles. The zero-order valence-electron chi connectivity index (χ0n) is 9.78. The molecule has 2 atom stereocenters. The monoisotopic (exact) mass is 283 g/mol. The molecule has 0 radical (unpaired) electrons. The molecule has 3 nitrogen and oxygen atoms in total. The number of rotatable bonds is 2. The number of anilines is 1. The fourth-order valence-corrected chi connectivity index (χ4v) is 2.72. The second-order valence-corrected chi connectivity index (χ2v) is 5.56. The van der Waals surface area contributed by atoms with E-state index in [9.17, 15) is 0 Å². The summed E-state index contributed by atoms with van der Waals surface area (Å²) in [6, 6.07) is 2.39. The van der Waals surface area contributed by atoms with Crippen LogP contribution in [0.3, 0.4) is 0 Å². The molecule has 1 fully saturated rings. The van der Waals surface area contributed by atoms with Crippen LogP contribution in [0.25, 0.3) is 0 Å². The van der Waals surface area contributed by atoms with E-state index in [0.717, 1.165) is 23.4 Å². The third kappa shape index (κ3) is 2.38. The average molecular weight is 284 g/mol. The van der Waals surface area contributed by atoms with Crippen LogP contribution < -0.4 is 10.6 Å². The Balaban J connectivity index is 2.14. The van der Waals surface area contributed by atoms with Gasteiger partial charge in [-0.3, -0.25) is 0 Å². The first-order valence-electron chi connectivity index (χ1n) is 5.70. The van der Waals surface area contributed by atoms with Crippen molar-refractivity contribution in [2.24, 2.45) is 11.7 Å². The van der Waals surface area contributed by atoms with Crippen molar-refractivity contribution in [2.75, 3.05) is 18.0 Å². The molecule has 0 aliphatic carbocycles. The normalized spacial score (nSPS) is 22.5. The lowest BCUT2D eigenvalue weighted by Crippen LogP contribution is -2.30. The lowest BCUT2D eigenvalue weighted by Gasteiger charge is -2.20. The highest BCUT2D eigenvalue weighted by molar-refractivity contribution is 9.10. The zero-order valence-corrected chi connectivity index (χ0v) is 11.4. The van der Waals surface area contributed by atoms with Gasteiger partial charge in [0.15, 0.2) is 0 Å². The number of aromatic nitrogens is 1. The molecule has 1 saturated heterocycles. The molecule has 1 aromatic heterocycles. The minimum atomic E-state index is 0.278. The van der Waals surface area contributed by atoms with E-state index in [4.69, 9.17) is 5.73 Å². The molecule has 1 aliphatic rings. The number of hydrogen-bond acceptors (Lipinski definition) is 3. The number of pyridine rings is 1. The van der Waals surface area contributed by atoms with Gasteiger partial charge in [-0.05, 0) is 53.7 Å². The van der Waals surface area contributed by atoms with Crippen molar-refractivity contribution in [1.29, 1.82) is 0 Å². The maximum atomic E-state index is 5.95. The summed E-state index contributed by atoms with van der Waals surface area (Å²) in [7, 11) is 0. The molecule has 88 valence electrons. The van der Waals surface area contributed by atoms with E-state index in [0.29, 0.717) is 5.92 Å². The van der Waals surface area contributed by atoms with Crippen molar-refractivity contribution < 1.29 is 0 Å². The van der Waals surface area contributed by atoms with E-state index in [-0.39, 0.29) is 6.04 Å². The van der Waals surface area contributed by atoms with Crippen molar-refractivity contribution in [1.82, 2.24) is 4.98 Å². The Morgan fingerprint density at radius 3 is 2.94 bits per heavy atom. The minimum Gasteiger partial charge on any atom is -0.356 e. The number of aryl methyl sites for hydroxylation is 1. The van der Waals surface area contributed by atoms with Gasteiger partial charge in [0.25, 0.3) is 0 Å². The number of halogens is 1. The van der Waals surface area contributed by atoms with Crippen LogP contribution in [-0.4, -0.2) is 24.1 Å². The van der Waals surface area contributed by atoms with E-state index in [2.05, 4.69) is 45.7 Å². The summed E-state index contributed by atoms with van der Waals surface area (Å²) in [5, 5.41) is 0. The molecule has 4 heteroatoms.